The summed E-state index contributed by atoms with van der Waals surface area (Å²) in [5, 5.41) is 47.4. The van der Waals surface area contributed by atoms with E-state index in [2.05, 4.69) is 5.73 Å². The summed E-state index contributed by atoms with van der Waals surface area (Å²) in [6, 6.07) is 0. The van der Waals surface area contributed by atoms with Gasteiger partial charge in [-0.3, -0.25) is 0 Å². The fourth-order valence-corrected chi connectivity index (χ4v) is 0.281. The van der Waals surface area contributed by atoms with Crippen LogP contribution < -0.4 is 5.73 Å². The molecule has 0 aromatic rings. The number of aliphatic hydroxyl groups is 5. The Balaban J connectivity index is -0.000000162. The summed E-state index contributed by atoms with van der Waals surface area (Å²) >= 11 is 0. The van der Waals surface area contributed by atoms with Crippen LogP contribution in [0.3, 0.4) is 0 Å². The Morgan fingerprint density at radius 3 is 1.31 bits per heavy atom. The predicted molar refractivity (Wildman–Crippen MR) is 55.8 cm³/mol. The van der Waals surface area contributed by atoms with Gasteiger partial charge in [-0.2, -0.15) is 0 Å². The van der Waals surface area contributed by atoms with E-state index in [0.717, 1.165) is 12.8 Å². The van der Waals surface area contributed by atoms with Crippen molar-refractivity contribution in [3.63, 3.8) is 0 Å². The average Bonchev–Trinajstić information content (AvgIpc) is 2.25. The molecule has 0 aliphatic carbocycles. The topological polar surface area (TPSA) is 164 Å². The SMILES string of the molecule is NC(=O)O.OCC(O)CO.OCCCCO. The highest BCUT2D eigenvalue weighted by molar-refractivity contribution is 5.61. The van der Waals surface area contributed by atoms with Gasteiger partial charge in [-0.15, -0.1) is 0 Å². The van der Waals surface area contributed by atoms with Gasteiger partial charge in [-0.25, -0.2) is 4.79 Å². The molecule has 0 aromatic heterocycles. The standard InChI is InChI=1S/C4H10O2.C3H8O3.CH3NO2/c5-3-1-2-4-6;4-1-3(6)2-5;2-1(3)4/h5-6H,1-4H2;3-6H,1-2H2;2H2,(H,3,4). The molecule has 0 fully saturated rings. The summed E-state index contributed by atoms with van der Waals surface area (Å²) in [6.45, 7) is -0.339. The lowest BCUT2D eigenvalue weighted by Crippen LogP contribution is -2.15. The molecule has 1 amide bonds. The summed E-state index contributed by atoms with van der Waals surface area (Å²) in [6.07, 6.45) is -0.850. The smallest absolute Gasteiger partial charge is 0.402 e. The third-order valence-corrected chi connectivity index (χ3v) is 0.988. The van der Waals surface area contributed by atoms with Crippen molar-refractivity contribution in [2.24, 2.45) is 5.73 Å². The zero-order valence-electron chi connectivity index (χ0n) is 8.99. The van der Waals surface area contributed by atoms with E-state index in [1.54, 1.807) is 0 Å². The minimum absolute atomic E-state index is 0.195. The number of aliphatic hydroxyl groups excluding tert-OH is 5. The number of primary amides is 1. The second-order valence-electron chi connectivity index (χ2n) is 2.51. The van der Waals surface area contributed by atoms with Crippen molar-refractivity contribution in [3.8, 4) is 0 Å². The van der Waals surface area contributed by atoms with E-state index >= 15 is 0 Å². The van der Waals surface area contributed by atoms with Crippen molar-refractivity contribution in [2.45, 2.75) is 18.9 Å². The first kappa shape index (κ1) is 20.5. The maximum atomic E-state index is 8.78. The molecule has 0 saturated heterocycles. The van der Waals surface area contributed by atoms with E-state index in [1.165, 1.54) is 0 Å². The molecule has 0 rings (SSSR count). The Kier molecular flexibility index (Phi) is 25.1. The molecular weight excluding hydrogens is 222 g/mol. The monoisotopic (exact) mass is 243 g/mol. The minimum atomic E-state index is -1.33. The number of rotatable bonds is 5. The van der Waals surface area contributed by atoms with E-state index < -0.39 is 12.2 Å². The number of amides is 1. The quantitative estimate of drug-likeness (QED) is 0.267. The molecule has 0 radical (unpaired) electrons. The maximum Gasteiger partial charge on any atom is 0.402 e. The number of nitrogens with two attached hydrogens (primary N) is 1. The number of carboxylic acid groups (broad SMARTS) is 1. The van der Waals surface area contributed by atoms with Crippen LogP contribution in [0.1, 0.15) is 12.8 Å². The fourth-order valence-electron chi connectivity index (χ4n) is 0.281. The second kappa shape index (κ2) is 19.6. The first-order chi connectivity index (χ1) is 7.45. The zero-order valence-corrected chi connectivity index (χ0v) is 8.99. The summed E-state index contributed by atoms with van der Waals surface area (Å²) in [5.41, 5.74) is 4.03. The van der Waals surface area contributed by atoms with Crippen molar-refractivity contribution in [2.75, 3.05) is 26.4 Å². The average molecular weight is 243 g/mol. The largest absolute Gasteiger partial charge is 0.465 e. The van der Waals surface area contributed by atoms with Crippen LogP contribution in [0, 0.1) is 0 Å². The van der Waals surface area contributed by atoms with E-state index in [-0.39, 0.29) is 26.4 Å². The molecule has 16 heavy (non-hydrogen) atoms. The highest BCUT2D eigenvalue weighted by Crippen LogP contribution is 1.80. The Bertz CT molecular complexity index is 122. The molecule has 0 aromatic carbocycles. The number of carbonyl (C=O) groups is 1. The Hall–Kier alpha value is -0.930. The Labute approximate surface area is 93.6 Å². The Morgan fingerprint density at radius 1 is 1.00 bits per heavy atom. The molecule has 0 saturated carbocycles. The molecule has 0 unspecified atom stereocenters. The van der Waals surface area contributed by atoms with Crippen molar-refractivity contribution >= 4 is 6.09 Å². The molecular formula is C8H21NO7. The molecule has 0 aliphatic heterocycles. The van der Waals surface area contributed by atoms with Crippen LogP contribution in [-0.2, 0) is 0 Å². The van der Waals surface area contributed by atoms with Gasteiger partial charge in [0, 0.05) is 13.2 Å². The van der Waals surface area contributed by atoms with Crippen LogP contribution in [-0.4, -0.2) is 69.3 Å². The highest BCUT2D eigenvalue weighted by atomic mass is 16.4. The Morgan fingerprint density at radius 2 is 1.25 bits per heavy atom. The molecule has 8 N–H and O–H groups in total. The van der Waals surface area contributed by atoms with E-state index in [4.69, 9.17) is 35.4 Å². The summed E-state index contributed by atoms with van der Waals surface area (Å²) in [4.78, 5) is 8.78. The second-order valence-corrected chi connectivity index (χ2v) is 2.51. The molecule has 8 heteroatoms. The lowest BCUT2D eigenvalue weighted by atomic mass is 10.3. The predicted octanol–water partition coefficient (Wildman–Crippen LogP) is -2.29. The van der Waals surface area contributed by atoms with Crippen molar-refractivity contribution in [1.82, 2.24) is 0 Å². The molecule has 8 nitrogen and oxygen atoms in total. The van der Waals surface area contributed by atoms with Gasteiger partial charge in [-0.1, -0.05) is 0 Å². The van der Waals surface area contributed by atoms with Gasteiger partial charge in [0.25, 0.3) is 0 Å². The maximum absolute atomic E-state index is 8.78. The summed E-state index contributed by atoms with van der Waals surface area (Å²) in [5.74, 6) is 0. The molecule has 0 atom stereocenters. The number of unbranched alkanes of at least 4 members (excludes halogenated alkanes) is 1. The van der Waals surface area contributed by atoms with Gasteiger partial charge in [-0.05, 0) is 12.8 Å². The van der Waals surface area contributed by atoms with Crippen LogP contribution in [0.15, 0.2) is 0 Å². The van der Waals surface area contributed by atoms with Gasteiger partial charge in [0.2, 0.25) is 0 Å². The third kappa shape index (κ3) is 51.7. The lowest BCUT2D eigenvalue weighted by molar-refractivity contribution is 0.0450. The van der Waals surface area contributed by atoms with Gasteiger partial charge < -0.3 is 36.4 Å². The van der Waals surface area contributed by atoms with Crippen LogP contribution in [0.25, 0.3) is 0 Å². The van der Waals surface area contributed by atoms with Gasteiger partial charge >= 0.3 is 6.09 Å². The van der Waals surface area contributed by atoms with Crippen molar-refractivity contribution in [3.05, 3.63) is 0 Å². The van der Waals surface area contributed by atoms with Crippen LogP contribution in [0.4, 0.5) is 4.79 Å². The van der Waals surface area contributed by atoms with E-state index in [0.29, 0.717) is 0 Å². The van der Waals surface area contributed by atoms with Crippen LogP contribution >= 0.6 is 0 Å². The van der Waals surface area contributed by atoms with E-state index in [9.17, 15) is 0 Å². The van der Waals surface area contributed by atoms with Crippen molar-refractivity contribution < 1.29 is 35.4 Å². The zero-order chi connectivity index (χ0) is 13.4. The number of hydrogen-bond donors (Lipinski definition) is 7. The fraction of sp³-hybridized carbons (Fsp3) is 0.875. The molecule has 0 bridgehead atoms. The van der Waals surface area contributed by atoms with Gasteiger partial charge in [0.05, 0.1) is 13.2 Å². The van der Waals surface area contributed by atoms with Crippen LogP contribution in [0.5, 0.6) is 0 Å². The minimum Gasteiger partial charge on any atom is -0.465 e. The van der Waals surface area contributed by atoms with E-state index in [1.807, 2.05) is 0 Å². The normalized spacial score (nSPS) is 8.62. The first-order valence-corrected chi connectivity index (χ1v) is 4.56. The summed E-state index contributed by atoms with van der Waals surface area (Å²) in [7, 11) is 0. The molecule has 100 valence electrons. The highest BCUT2D eigenvalue weighted by Gasteiger charge is 1.93. The lowest BCUT2D eigenvalue weighted by Gasteiger charge is -1.96. The molecule has 0 spiro atoms. The summed E-state index contributed by atoms with van der Waals surface area (Å²) < 4.78 is 0. The van der Waals surface area contributed by atoms with Gasteiger partial charge in [0.15, 0.2) is 0 Å². The number of hydrogen-bond acceptors (Lipinski definition) is 6. The van der Waals surface area contributed by atoms with Crippen LogP contribution in [0.2, 0.25) is 0 Å². The van der Waals surface area contributed by atoms with Crippen molar-refractivity contribution in [1.29, 1.82) is 0 Å². The first-order valence-electron chi connectivity index (χ1n) is 4.56. The molecule has 0 heterocycles. The molecule has 0 aliphatic rings. The van der Waals surface area contributed by atoms with Gasteiger partial charge in [0.1, 0.15) is 6.10 Å². The third-order valence-electron chi connectivity index (χ3n) is 0.988.